The second-order valence-corrected chi connectivity index (χ2v) is 5.53. The molecule has 0 aromatic heterocycles. The lowest BCUT2D eigenvalue weighted by Gasteiger charge is -2.16. The molecule has 0 spiro atoms. The predicted octanol–water partition coefficient (Wildman–Crippen LogP) is 1.41. The molecule has 7 heteroatoms. The fourth-order valence-electron chi connectivity index (χ4n) is 2.26. The molecule has 2 heterocycles. The first-order valence-electron chi connectivity index (χ1n) is 5.57. The predicted molar refractivity (Wildman–Crippen MR) is 77.0 cm³/mol. The van der Waals surface area contributed by atoms with Crippen LogP contribution in [0.5, 0.6) is 0 Å². The lowest BCUT2D eigenvalue weighted by atomic mass is 10.0. The van der Waals surface area contributed by atoms with E-state index in [9.17, 15) is 9.59 Å². The monoisotopic (exact) mass is 372 g/mol. The molecule has 0 aliphatic carbocycles. The minimum absolute atomic E-state index is 0. The van der Waals surface area contributed by atoms with Gasteiger partial charge in [0.25, 0.3) is 0 Å². The van der Waals surface area contributed by atoms with Crippen LogP contribution in [0.1, 0.15) is 25.7 Å². The molecule has 2 aliphatic rings. The first-order valence-corrected chi connectivity index (χ1v) is 6.62. The van der Waals surface area contributed by atoms with Gasteiger partial charge in [-0.15, -0.1) is 24.0 Å². The molecule has 0 aromatic carbocycles. The number of carboxylic acid groups (broad SMARTS) is 1. The zero-order valence-electron chi connectivity index (χ0n) is 9.35. The Bertz CT molecular complexity index is 303. The second-order valence-electron chi connectivity index (χ2n) is 4.26. The molecule has 3 atom stereocenters. The van der Waals surface area contributed by atoms with Gasteiger partial charge in [0.2, 0.25) is 0 Å². The summed E-state index contributed by atoms with van der Waals surface area (Å²) < 4.78 is 0. The Morgan fingerprint density at radius 2 is 2.18 bits per heavy atom. The molecule has 2 amide bonds. The number of amides is 2. The van der Waals surface area contributed by atoms with Gasteiger partial charge >= 0.3 is 12.0 Å². The van der Waals surface area contributed by atoms with E-state index in [1.165, 1.54) is 0 Å². The first kappa shape index (κ1) is 14.9. The molecule has 2 fully saturated rings. The number of nitrogens with one attached hydrogen (secondary N) is 2. The van der Waals surface area contributed by atoms with Crippen molar-refractivity contribution in [1.29, 1.82) is 0 Å². The molecule has 0 radical (unpaired) electrons. The minimum Gasteiger partial charge on any atom is -0.481 e. The number of rotatable bonds is 5. The highest BCUT2D eigenvalue weighted by Gasteiger charge is 2.42. The van der Waals surface area contributed by atoms with Crippen LogP contribution in [0, 0.1) is 0 Å². The molecule has 0 unspecified atom stereocenters. The number of hydrogen-bond donors (Lipinski definition) is 3. The van der Waals surface area contributed by atoms with E-state index >= 15 is 0 Å². The Hall–Kier alpha value is -0.180. The SMILES string of the molecule is I.O=C(O)CCCC[C@@H]1SC[C@@H]2NC(=O)N[C@@H]21. The molecule has 3 N–H and O–H groups in total. The van der Waals surface area contributed by atoms with Gasteiger partial charge in [-0.1, -0.05) is 6.42 Å². The number of urea groups is 1. The van der Waals surface area contributed by atoms with E-state index in [-0.39, 0.29) is 48.5 Å². The third-order valence-corrected chi connectivity index (χ3v) is 4.58. The maximum atomic E-state index is 11.1. The van der Waals surface area contributed by atoms with Crippen molar-refractivity contribution in [3.63, 3.8) is 0 Å². The highest BCUT2D eigenvalue weighted by atomic mass is 127. The van der Waals surface area contributed by atoms with E-state index in [0.717, 1.165) is 25.0 Å². The minimum atomic E-state index is -0.729. The van der Waals surface area contributed by atoms with Crippen LogP contribution < -0.4 is 10.6 Å². The molecule has 2 aliphatic heterocycles. The number of carbonyl (C=O) groups is 2. The van der Waals surface area contributed by atoms with E-state index in [2.05, 4.69) is 10.6 Å². The number of unbranched alkanes of at least 4 members (excludes halogenated alkanes) is 1. The van der Waals surface area contributed by atoms with E-state index in [1.54, 1.807) is 0 Å². The lowest BCUT2D eigenvalue weighted by Crippen LogP contribution is -2.36. The number of halogens is 1. The van der Waals surface area contributed by atoms with Gasteiger partial charge in [0, 0.05) is 17.4 Å². The topological polar surface area (TPSA) is 78.4 Å². The highest BCUT2D eigenvalue weighted by Crippen LogP contribution is 2.33. The number of thioether (sulfide) groups is 1. The van der Waals surface area contributed by atoms with Crippen LogP contribution in [-0.2, 0) is 4.79 Å². The van der Waals surface area contributed by atoms with Gasteiger partial charge in [-0.3, -0.25) is 4.79 Å². The van der Waals surface area contributed by atoms with Crippen molar-refractivity contribution in [2.45, 2.75) is 43.0 Å². The van der Waals surface area contributed by atoms with Gasteiger partial charge in [-0.05, 0) is 12.8 Å². The van der Waals surface area contributed by atoms with Crippen LogP contribution in [0.4, 0.5) is 4.79 Å². The molecule has 0 saturated carbocycles. The van der Waals surface area contributed by atoms with Crippen molar-refractivity contribution >= 4 is 47.7 Å². The summed E-state index contributed by atoms with van der Waals surface area (Å²) in [7, 11) is 0. The first-order chi connectivity index (χ1) is 7.66. The van der Waals surface area contributed by atoms with Crippen LogP contribution in [0.3, 0.4) is 0 Å². The summed E-state index contributed by atoms with van der Waals surface area (Å²) in [5.41, 5.74) is 0. The van der Waals surface area contributed by atoms with Gasteiger partial charge in [-0.25, -0.2) is 4.79 Å². The van der Waals surface area contributed by atoms with Crippen molar-refractivity contribution in [1.82, 2.24) is 10.6 Å². The van der Waals surface area contributed by atoms with Gasteiger partial charge in [-0.2, -0.15) is 11.8 Å². The number of carbonyl (C=O) groups excluding carboxylic acids is 1. The molecule has 2 saturated heterocycles. The Kier molecular flexibility index (Phi) is 5.84. The van der Waals surface area contributed by atoms with E-state index in [1.807, 2.05) is 11.8 Å². The summed E-state index contributed by atoms with van der Waals surface area (Å²) in [6.45, 7) is 0. The fraction of sp³-hybridized carbons (Fsp3) is 0.800. The largest absolute Gasteiger partial charge is 0.481 e. The number of carboxylic acids is 1. The molecule has 0 aromatic rings. The molecule has 2 rings (SSSR count). The summed E-state index contributed by atoms with van der Waals surface area (Å²) in [6.07, 6.45) is 2.88. The van der Waals surface area contributed by atoms with Gasteiger partial charge in [0.1, 0.15) is 0 Å². The quantitative estimate of drug-likeness (QED) is 0.388. The summed E-state index contributed by atoms with van der Waals surface area (Å²) in [5, 5.41) is 14.8. The van der Waals surface area contributed by atoms with Crippen molar-refractivity contribution in [3.05, 3.63) is 0 Å². The molecule has 0 bridgehead atoms. The molecule has 17 heavy (non-hydrogen) atoms. The number of fused-ring (bicyclic) bond motifs is 1. The van der Waals surface area contributed by atoms with Gasteiger partial charge < -0.3 is 15.7 Å². The second kappa shape index (κ2) is 6.67. The Morgan fingerprint density at radius 3 is 2.88 bits per heavy atom. The normalized spacial score (nSPS) is 30.1. The van der Waals surface area contributed by atoms with Gasteiger partial charge in [0.15, 0.2) is 0 Å². The van der Waals surface area contributed by atoms with Crippen molar-refractivity contribution in [2.24, 2.45) is 0 Å². The maximum absolute atomic E-state index is 11.1. The third kappa shape index (κ3) is 3.90. The zero-order chi connectivity index (χ0) is 11.5. The van der Waals surface area contributed by atoms with E-state index < -0.39 is 5.97 Å². The number of aliphatic carboxylic acids is 1. The van der Waals surface area contributed by atoms with Crippen LogP contribution in [0.2, 0.25) is 0 Å². The molecular formula is C10H17IN2O3S. The summed E-state index contributed by atoms with van der Waals surface area (Å²) in [4.78, 5) is 21.5. The molecule has 5 nitrogen and oxygen atoms in total. The average Bonchev–Trinajstić information content (AvgIpc) is 2.72. The van der Waals surface area contributed by atoms with Crippen LogP contribution >= 0.6 is 35.7 Å². The Balaban J connectivity index is 0.00000144. The zero-order valence-corrected chi connectivity index (χ0v) is 12.5. The molecular weight excluding hydrogens is 355 g/mol. The van der Waals surface area contributed by atoms with Crippen molar-refractivity contribution < 1.29 is 14.7 Å². The maximum Gasteiger partial charge on any atom is 0.315 e. The van der Waals surface area contributed by atoms with Crippen molar-refractivity contribution in [3.8, 4) is 0 Å². The highest BCUT2D eigenvalue weighted by molar-refractivity contribution is 14.0. The summed E-state index contributed by atoms with van der Waals surface area (Å²) in [5.74, 6) is 0.236. The van der Waals surface area contributed by atoms with Crippen LogP contribution in [0.15, 0.2) is 0 Å². The smallest absolute Gasteiger partial charge is 0.315 e. The van der Waals surface area contributed by atoms with Crippen LogP contribution in [-0.4, -0.2) is 40.2 Å². The summed E-state index contributed by atoms with van der Waals surface area (Å²) >= 11 is 1.87. The number of hydrogen-bond acceptors (Lipinski definition) is 3. The fourth-order valence-corrected chi connectivity index (χ4v) is 3.81. The molecule has 98 valence electrons. The lowest BCUT2D eigenvalue weighted by molar-refractivity contribution is -0.137. The van der Waals surface area contributed by atoms with E-state index in [0.29, 0.717) is 5.25 Å². The van der Waals surface area contributed by atoms with Crippen molar-refractivity contribution in [2.75, 3.05) is 5.75 Å². The van der Waals surface area contributed by atoms with E-state index in [4.69, 9.17) is 5.11 Å². The standard InChI is InChI=1S/C10H16N2O3S.HI/c13-8(14)4-2-1-3-7-9-6(5-16-7)11-10(15)12-9;/h6-7,9H,1-5H2,(H,13,14)(H2,11,12,15);1H/t6-,7-,9-;/m0./s1. The third-order valence-electron chi connectivity index (χ3n) is 3.07. The van der Waals surface area contributed by atoms with Gasteiger partial charge in [0.05, 0.1) is 12.1 Å². The average molecular weight is 372 g/mol. The summed E-state index contributed by atoms with van der Waals surface area (Å²) in [6, 6.07) is 0.440. The Morgan fingerprint density at radius 1 is 1.41 bits per heavy atom. The van der Waals surface area contributed by atoms with Crippen LogP contribution in [0.25, 0.3) is 0 Å². The Labute approximate surface area is 121 Å².